The van der Waals surface area contributed by atoms with E-state index in [0.29, 0.717) is 22.0 Å². The van der Waals surface area contributed by atoms with Gasteiger partial charge in [-0.05, 0) is 73.5 Å². The summed E-state index contributed by atoms with van der Waals surface area (Å²) in [5.41, 5.74) is 3.72. The Morgan fingerprint density at radius 2 is 1.63 bits per heavy atom. The molecule has 0 saturated heterocycles. The summed E-state index contributed by atoms with van der Waals surface area (Å²) in [6.45, 7) is 3.87. The fourth-order valence-corrected chi connectivity index (χ4v) is 3.96. The monoisotopic (exact) mass is 509 g/mol. The molecule has 0 bridgehead atoms. The van der Waals surface area contributed by atoms with E-state index in [-0.39, 0.29) is 22.3 Å². The van der Waals surface area contributed by atoms with E-state index in [4.69, 9.17) is 27.9 Å². The second-order valence-corrected chi connectivity index (χ2v) is 8.74. The molecule has 0 radical (unpaired) electrons. The lowest BCUT2D eigenvalue weighted by molar-refractivity contribution is -0.120. The van der Waals surface area contributed by atoms with E-state index in [2.05, 4.69) is 10.6 Å². The predicted octanol–water partition coefficient (Wildman–Crippen LogP) is 5.65. The van der Waals surface area contributed by atoms with Gasteiger partial charge in [0, 0.05) is 22.0 Å². The van der Waals surface area contributed by atoms with Crippen molar-refractivity contribution >= 4 is 58.0 Å². The molecular weight excluding hydrogens is 489 g/mol. The number of nitrogens with one attached hydrogen (secondary N) is 2. The van der Waals surface area contributed by atoms with Gasteiger partial charge in [0.05, 0.1) is 12.8 Å². The van der Waals surface area contributed by atoms with Gasteiger partial charge < -0.3 is 15.4 Å². The summed E-state index contributed by atoms with van der Waals surface area (Å²) in [7, 11) is 1.42. The lowest BCUT2D eigenvalue weighted by Gasteiger charge is -2.18. The van der Waals surface area contributed by atoms with Crippen molar-refractivity contribution in [1.82, 2.24) is 0 Å². The second kappa shape index (κ2) is 9.82. The summed E-state index contributed by atoms with van der Waals surface area (Å²) in [6.07, 6.45) is 0. The van der Waals surface area contributed by atoms with Gasteiger partial charge in [0.2, 0.25) is 0 Å². The summed E-state index contributed by atoms with van der Waals surface area (Å²) < 4.78 is 5.27. The molecule has 3 aromatic carbocycles. The van der Waals surface area contributed by atoms with Crippen LogP contribution >= 0.6 is 23.2 Å². The molecule has 0 fully saturated rings. The second-order valence-electron chi connectivity index (χ2n) is 7.93. The van der Waals surface area contributed by atoms with Gasteiger partial charge in [-0.15, -0.1) is 0 Å². The van der Waals surface area contributed by atoms with Crippen molar-refractivity contribution in [2.45, 2.75) is 13.8 Å². The molecule has 1 heterocycles. The summed E-state index contributed by atoms with van der Waals surface area (Å²) in [4.78, 5) is 39.5. The largest absolute Gasteiger partial charge is 0.495 e. The van der Waals surface area contributed by atoms with Crippen LogP contribution < -0.4 is 20.3 Å². The summed E-state index contributed by atoms with van der Waals surface area (Å²) in [6, 6.07) is 16.9. The molecule has 7 nitrogen and oxygen atoms in total. The van der Waals surface area contributed by atoms with E-state index in [1.165, 1.54) is 13.2 Å². The third kappa shape index (κ3) is 4.87. The number of benzene rings is 3. The SMILES string of the molecule is COc1ccc(Cl)cc1N1C(=O)C(Cl)=C(Nc2ccc(C(=O)Nc3cc(C)ccc3C)cc2)C1=O. The first-order chi connectivity index (χ1) is 16.7. The molecule has 35 heavy (non-hydrogen) atoms. The zero-order chi connectivity index (χ0) is 25.3. The number of hydrogen-bond donors (Lipinski definition) is 2. The number of imide groups is 1. The van der Waals surface area contributed by atoms with Crippen molar-refractivity contribution < 1.29 is 19.1 Å². The number of halogens is 2. The molecule has 3 amide bonds. The lowest BCUT2D eigenvalue weighted by atomic mass is 10.1. The van der Waals surface area contributed by atoms with Crippen molar-refractivity contribution in [1.29, 1.82) is 0 Å². The van der Waals surface area contributed by atoms with Crippen molar-refractivity contribution in [2.75, 3.05) is 22.6 Å². The third-order valence-corrected chi connectivity index (χ3v) is 6.05. The molecule has 0 saturated carbocycles. The maximum Gasteiger partial charge on any atom is 0.283 e. The van der Waals surface area contributed by atoms with E-state index in [1.54, 1.807) is 36.4 Å². The third-order valence-electron chi connectivity index (χ3n) is 5.47. The fraction of sp³-hybridized carbons (Fsp3) is 0.115. The topological polar surface area (TPSA) is 87.7 Å². The summed E-state index contributed by atoms with van der Waals surface area (Å²) in [5, 5.41) is 5.84. The van der Waals surface area contributed by atoms with Crippen molar-refractivity contribution in [2.24, 2.45) is 0 Å². The number of ether oxygens (including phenoxy) is 1. The van der Waals surface area contributed by atoms with Crippen LogP contribution in [0.15, 0.2) is 71.4 Å². The molecule has 0 unspecified atom stereocenters. The van der Waals surface area contributed by atoms with Crippen molar-refractivity contribution in [3.05, 3.63) is 93.1 Å². The Hall–Kier alpha value is -3.81. The average molecular weight is 510 g/mol. The number of amides is 3. The smallest absolute Gasteiger partial charge is 0.283 e. The highest BCUT2D eigenvalue weighted by Crippen LogP contribution is 2.37. The number of aryl methyl sites for hydroxylation is 2. The molecule has 0 spiro atoms. The van der Waals surface area contributed by atoms with Crippen LogP contribution in [-0.2, 0) is 9.59 Å². The van der Waals surface area contributed by atoms with Crippen LogP contribution in [0.25, 0.3) is 0 Å². The number of methoxy groups -OCH3 is 1. The molecule has 4 rings (SSSR count). The van der Waals surface area contributed by atoms with Gasteiger partial charge in [0.25, 0.3) is 17.7 Å². The number of hydrogen-bond acceptors (Lipinski definition) is 5. The normalized spacial score (nSPS) is 13.3. The van der Waals surface area contributed by atoms with Crippen LogP contribution in [0.2, 0.25) is 5.02 Å². The van der Waals surface area contributed by atoms with Gasteiger partial charge in [0.15, 0.2) is 0 Å². The van der Waals surface area contributed by atoms with E-state index in [1.807, 2.05) is 32.0 Å². The summed E-state index contributed by atoms with van der Waals surface area (Å²) in [5.74, 6) is -1.34. The van der Waals surface area contributed by atoms with E-state index in [9.17, 15) is 14.4 Å². The molecule has 3 aromatic rings. The predicted molar refractivity (Wildman–Crippen MR) is 137 cm³/mol. The van der Waals surface area contributed by atoms with Crippen LogP contribution in [-0.4, -0.2) is 24.8 Å². The molecule has 9 heteroatoms. The Morgan fingerprint density at radius 1 is 0.914 bits per heavy atom. The van der Waals surface area contributed by atoms with E-state index < -0.39 is 11.8 Å². The van der Waals surface area contributed by atoms with Gasteiger partial charge in [-0.1, -0.05) is 35.3 Å². The van der Waals surface area contributed by atoms with Gasteiger partial charge in [-0.3, -0.25) is 14.4 Å². The van der Waals surface area contributed by atoms with Gasteiger partial charge in [-0.25, -0.2) is 4.90 Å². The Kier molecular flexibility index (Phi) is 6.82. The van der Waals surface area contributed by atoms with Gasteiger partial charge >= 0.3 is 0 Å². The van der Waals surface area contributed by atoms with Crippen LogP contribution in [0.3, 0.4) is 0 Å². The van der Waals surface area contributed by atoms with Crippen LogP contribution in [0.4, 0.5) is 17.1 Å². The number of anilines is 3. The van der Waals surface area contributed by atoms with Crippen molar-refractivity contribution in [3.8, 4) is 5.75 Å². The fourth-order valence-electron chi connectivity index (χ4n) is 3.58. The zero-order valence-electron chi connectivity index (χ0n) is 19.1. The zero-order valence-corrected chi connectivity index (χ0v) is 20.6. The molecule has 0 atom stereocenters. The number of carbonyl (C=O) groups is 3. The van der Waals surface area contributed by atoms with Gasteiger partial charge in [0.1, 0.15) is 16.5 Å². The molecular formula is C26H21Cl2N3O4. The summed E-state index contributed by atoms with van der Waals surface area (Å²) >= 11 is 12.3. The maximum absolute atomic E-state index is 13.1. The minimum Gasteiger partial charge on any atom is -0.495 e. The standard InChI is InChI=1S/C26H21Cl2N3O4/c1-14-4-5-15(2)19(12-14)30-24(32)16-6-9-18(10-7-16)29-23-22(28)25(33)31(26(23)34)20-13-17(27)8-11-21(20)35-3/h4-13,29H,1-3H3,(H,30,32). The first-order valence-electron chi connectivity index (χ1n) is 10.6. The van der Waals surface area contributed by atoms with E-state index >= 15 is 0 Å². The van der Waals surface area contributed by atoms with Crippen LogP contribution in [0, 0.1) is 13.8 Å². The minimum absolute atomic E-state index is 0.0914. The quantitative estimate of drug-likeness (QED) is 0.419. The number of nitrogens with zero attached hydrogens (tertiary/aromatic N) is 1. The highest BCUT2D eigenvalue weighted by atomic mass is 35.5. The Balaban J connectivity index is 1.52. The molecule has 2 N–H and O–H groups in total. The van der Waals surface area contributed by atoms with Crippen molar-refractivity contribution in [3.63, 3.8) is 0 Å². The number of carbonyl (C=O) groups excluding carboxylic acids is 3. The lowest BCUT2D eigenvalue weighted by Crippen LogP contribution is -2.32. The molecule has 178 valence electrons. The Morgan fingerprint density at radius 3 is 2.31 bits per heavy atom. The Labute approximate surface area is 212 Å². The van der Waals surface area contributed by atoms with E-state index in [0.717, 1.165) is 21.7 Å². The molecule has 0 aromatic heterocycles. The first kappa shape index (κ1) is 24.3. The first-order valence-corrected chi connectivity index (χ1v) is 11.3. The average Bonchev–Trinajstić information content (AvgIpc) is 3.04. The maximum atomic E-state index is 13.1. The van der Waals surface area contributed by atoms with Crippen LogP contribution in [0.5, 0.6) is 5.75 Å². The molecule has 0 aliphatic carbocycles. The highest BCUT2D eigenvalue weighted by molar-refractivity contribution is 6.53. The van der Waals surface area contributed by atoms with Gasteiger partial charge in [-0.2, -0.15) is 0 Å². The number of rotatable bonds is 6. The minimum atomic E-state index is -0.704. The highest BCUT2D eigenvalue weighted by Gasteiger charge is 2.40. The molecule has 1 aliphatic heterocycles. The molecule has 1 aliphatic rings. The Bertz CT molecular complexity index is 1380. The van der Waals surface area contributed by atoms with Crippen LogP contribution in [0.1, 0.15) is 21.5 Å².